The highest BCUT2D eigenvalue weighted by molar-refractivity contribution is 6.07. The topological polar surface area (TPSA) is 52.7 Å². The van der Waals surface area contributed by atoms with Gasteiger partial charge in [-0.2, -0.15) is 0 Å². The number of nitrogens with zero attached hydrogens (tertiary/aromatic N) is 2. The fourth-order valence-corrected chi connectivity index (χ4v) is 4.18. The number of nitrogens with one attached hydrogen (secondary N) is 1. The Balaban J connectivity index is 1.42. The molecule has 3 aromatic carbocycles. The van der Waals surface area contributed by atoms with Gasteiger partial charge in [0.15, 0.2) is 0 Å². The Kier molecular flexibility index (Phi) is 7.20. The summed E-state index contributed by atoms with van der Waals surface area (Å²) in [7, 11) is 0. The van der Waals surface area contributed by atoms with E-state index in [0.717, 1.165) is 30.6 Å². The van der Waals surface area contributed by atoms with Crippen LogP contribution in [0.3, 0.4) is 0 Å². The van der Waals surface area contributed by atoms with E-state index in [0.29, 0.717) is 24.3 Å². The van der Waals surface area contributed by atoms with Crippen molar-refractivity contribution in [2.45, 2.75) is 19.3 Å². The number of para-hydroxylation sites is 2. The van der Waals surface area contributed by atoms with Gasteiger partial charge in [-0.25, -0.2) is 0 Å². The first-order valence-corrected chi connectivity index (χ1v) is 11.4. The van der Waals surface area contributed by atoms with Gasteiger partial charge in [-0.15, -0.1) is 6.58 Å². The molecule has 1 heterocycles. The maximum Gasteiger partial charge on any atom is 0.258 e. The second-order valence-electron chi connectivity index (χ2n) is 8.17. The van der Waals surface area contributed by atoms with Crippen LogP contribution in [-0.2, 0) is 11.2 Å². The molecule has 5 nitrogen and oxygen atoms in total. The zero-order chi connectivity index (χ0) is 23.0. The summed E-state index contributed by atoms with van der Waals surface area (Å²) in [5.41, 5.74) is 4.46. The third-order valence-electron chi connectivity index (χ3n) is 5.83. The number of amides is 2. The van der Waals surface area contributed by atoms with Crippen molar-refractivity contribution in [2.75, 3.05) is 34.8 Å². The van der Waals surface area contributed by atoms with Crippen LogP contribution < -0.4 is 15.1 Å². The van der Waals surface area contributed by atoms with E-state index in [1.807, 2.05) is 58.3 Å². The molecule has 5 heteroatoms. The minimum absolute atomic E-state index is 0.0107. The fourth-order valence-electron chi connectivity index (χ4n) is 4.18. The van der Waals surface area contributed by atoms with Gasteiger partial charge in [0.25, 0.3) is 5.91 Å². The molecule has 0 saturated carbocycles. The molecule has 0 saturated heterocycles. The van der Waals surface area contributed by atoms with Gasteiger partial charge < -0.3 is 15.1 Å². The number of carbonyl (C=O) groups excluding carboxylic acids is 2. The highest BCUT2D eigenvalue weighted by atomic mass is 16.2. The van der Waals surface area contributed by atoms with E-state index in [-0.39, 0.29) is 18.4 Å². The Labute approximate surface area is 195 Å². The average molecular weight is 440 g/mol. The predicted molar refractivity (Wildman–Crippen MR) is 135 cm³/mol. The summed E-state index contributed by atoms with van der Waals surface area (Å²) in [5, 5.41) is 2.93. The molecular weight excluding hydrogens is 410 g/mol. The van der Waals surface area contributed by atoms with Gasteiger partial charge >= 0.3 is 0 Å². The Morgan fingerprint density at radius 1 is 0.939 bits per heavy atom. The van der Waals surface area contributed by atoms with Crippen molar-refractivity contribution in [3.05, 3.63) is 103 Å². The van der Waals surface area contributed by atoms with E-state index in [1.54, 1.807) is 30.3 Å². The zero-order valence-corrected chi connectivity index (χ0v) is 18.7. The normalized spacial score (nSPS) is 12.9. The average Bonchev–Trinajstić information content (AvgIpc) is 3.07. The van der Waals surface area contributed by atoms with Crippen LogP contribution in [0.1, 0.15) is 28.8 Å². The second-order valence-corrected chi connectivity index (χ2v) is 8.17. The van der Waals surface area contributed by atoms with Gasteiger partial charge in [0.05, 0.1) is 6.54 Å². The van der Waals surface area contributed by atoms with E-state index in [9.17, 15) is 9.59 Å². The molecule has 0 atom stereocenters. The molecule has 0 bridgehead atoms. The summed E-state index contributed by atoms with van der Waals surface area (Å²) >= 11 is 0. The number of hydrogen-bond donors (Lipinski definition) is 1. The Bertz CT molecular complexity index is 1110. The first-order valence-electron chi connectivity index (χ1n) is 11.4. The molecule has 4 rings (SSSR count). The lowest BCUT2D eigenvalue weighted by molar-refractivity contribution is -0.115. The van der Waals surface area contributed by atoms with Crippen molar-refractivity contribution < 1.29 is 9.59 Å². The van der Waals surface area contributed by atoms with Crippen LogP contribution in [0.4, 0.5) is 17.1 Å². The number of fused-ring (bicyclic) bond motifs is 1. The molecule has 0 fully saturated rings. The monoisotopic (exact) mass is 439 g/mol. The Morgan fingerprint density at radius 3 is 2.42 bits per heavy atom. The molecule has 0 unspecified atom stereocenters. The third kappa shape index (κ3) is 5.50. The Hall–Kier alpha value is -3.86. The van der Waals surface area contributed by atoms with E-state index in [2.05, 4.69) is 18.0 Å². The number of carbonyl (C=O) groups is 2. The molecule has 1 N–H and O–H groups in total. The van der Waals surface area contributed by atoms with Crippen LogP contribution in [0.2, 0.25) is 0 Å². The van der Waals surface area contributed by atoms with Gasteiger partial charge in [0.1, 0.15) is 0 Å². The highest BCUT2D eigenvalue weighted by Crippen LogP contribution is 2.27. The first kappa shape index (κ1) is 22.3. The molecule has 33 heavy (non-hydrogen) atoms. The molecule has 0 aliphatic carbocycles. The van der Waals surface area contributed by atoms with E-state index in [1.165, 1.54) is 5.56 Å². The molecular formula is C28H29N3O2. The lowest BCUT2D eigenvalue weighted by atomic mass is 10.1. The van der Waals surface area contributed by atoms with Crippen LogP contribution >= 0.6 is 0 Å². The zero-order valence-electron chi connectivity index (χ0n) is 18.7. The number of benzene rings is 3. The molecule has 1 aliphatic rings. The van der Waals surface area contributed by atoms with Crippen LogP contribution in [0.15, 0.2) is 91.5 Å². The minimum atomic E-state index is -0.124. The van der Waals surface area contributed by atoms with E-state index in [4.69, 9.17) is 0 Å². The van der Waals surface area contributed by atoms with Crippen LogP contribution in [-0.4, -0.2) is 31.4 Å². The SMILES string of the molecule is C=CCN(CC(=O)Nc1ccc(C(=O)N2CCCCc3ccccc32)cc1)c1ccccc1. The summed E-state index contributed by atoms with van der Waals surface area (Å²) in [6, 6.07) is 25.0. The smallest absolute Gasteiger partial charge is 0.258 e. The van der Waals surface area contributed by atoms with Crippen LogP contribution in [0, 0.1) is 0 Å². The predicted octanol–water partition coefficient (Wildman–Crippen LogP) is 5.30. The number of anilines is 3. The lowest BCUT2D eigenvalue weighted by Crippen LogP contribution is -2.33. The molecule has 0 radical (unpaired) electrons. The van der Waals surface area contributed by atoms with Crippen molar-refractivity contribution in [1.82, 2.24) is 0 Å². The van der Waals surface area contributed by atoms with Crippen molar-refractivity contribution in [3.63, 3.8) is 0 Å². The molecule has 1 aliphatic heterocycles. The molecule has 168 valence electrons. The van der Waals surface area contributed by atoms with Gasteiger partial charge in [0, 0.05) is 35.7 Å². The summed E-state index contributed by atoms with van der Waals surface area (Å²) in [6.45, 7) is 5.29. The van der Waals surface area contributed by atoms with Gasteiger partial charge in [-0.1, -0.05) is 42.5 Å². The molecule has 0 aromatic heterocycles. The summed E-state index contributed by atoms with van der Waals surface area (Å²) < 4.78 is 0. The van der Waals surface area contributed by atoms with Crippen molar-refractivity contribution in [3.8, 4) is 0 Å². The van der Waals surface area contributed by atoms with Gasteiger partial charge in [-0.3, -0.25) is 9.59 Å². The maximum atomic E-state index is 13.2. The highest BCUT2D eigenvalue weighted by Gasteiger charge is 2.22. The van der Waals surface area contributed by atoms with E-state index >= 15 is 0 Å². The first-order chi connectivity index (χ1) is 16.2. The Morgan fingerprint density at radius 2 is 1.67 bits per heavy atom. The minimum Gasteiger partial charge on any atom is -0.358 e. The summed E-state index contributed by atoms with van der Waals surface area (Å²) in [6.07, 6.45) is 4.84. The molecule has 2 amide bonds. The fraction of sp³-hybridized carbons (Fsp3) is 0.214. The second kappa shape index (κ2) is 10.6. The van der Waals surface area contributed by atoms with Gasteiger partial charge in [-0.05, 0) is 67.3 Å². The largest absolute Gasteiger partial charge is 0.358 e. The van der Waals surface area contributed by atoms with Crippen molar-refractivity contribution >= 4 is 28.9 Å². The molecule has 0 spiro atoms. The quantitative estimate of drug-likeness (QED) is 0.508. The lowest BCUT2D eigenvalue weighted by Gasteiger charge is -2.23. The third-order valence-corrected chi connectivity index (χ3v) is 5.83. The number of aryl methyl sites for hydroxylation is 1. The molecule has 3 aromatic rings. The van der Waals surface area contributed by atoms with Gasteiger partial charge in [0.2, 0.25) is 5.91 Å². The summed E-state index contributed by atoms with van der Waals surface area (Å²) in [4.78, 5) is 29.7. The van der Waals surface area contributed by atoms with Crippen LogP contribution in [0.5, 0.6) is 0 Å². The van der Waals surface area contributed by atoms with Crippen LogP contribution in [0.25, 0.3) is 0 Å². The van der Waals surface area contributed by atoms with E-state index < -0.39 is 0 Å². The number of rotatable bonds is 7. The maximum absolute atomic E-state index is 13.2. The standard InChI is InChI=1S/C28H29N3O2/c1-2-19-30(25-12-4-3-5-13-25)21-27(32)29-24-17-15-23(16-18-24)28(33)31-20-9-8-11-22-10-6-7-14-26(22)31/h2-7,10,12-18H,1,8-9,11,19-21H2,(H,29,32). The van der Waals surface area contributed by atoms with Crippen molar-refractivity contribution in [2.24, 2.45) is 0 Å². The summed E-state index contributed by atoms with van der Waals surface area (Å²) in [5.74, 6) is -0.135. The number of hydrogen-bond acceptors (Lipinski definition) is 3. The van der Waals surface area contributed by atoms with Crippen molar-refractivity contribution in [1.29, 1.82) is 0 Å².